The molecule has 12 heavy (non-hydrogen) atoms. The molecule has 0 N–H and O–H groups in total. The van der Waals surface area contributed by atoms with Gasteiger partial charge in [0.25, 0.3) is 0 Å². The molecule has 0 aliphatic carbocycles. The average Bonchev–Trinajstić information content (AvgIpc) is 2.52. The fraction of sp³-hybridized carbons (Fsp3) is 0.900. The standard InChI is InChI=1S/C10H18O2/c1-4-10(2,3)9-6-5-8(7-11)12-9/h7-9H,4-6H2,1-3H3. The fourth-order valence-electron chi connectivity index (χ4n) is 1.57. The number of rotatable bonds is 3. The molecule has 0 aromatic carbocycles. The first-order valence-corrected chi connectivity index (χ1v) is 4.71. The first-order chi connectivity index (χ1) is 5.60. The van der Waals surface area contributed by atoms with Crippen LogP contribution in [-0.2, 0) is 9.53 Å². The number of aldehydes is 1. The van der Waals surface area contributed by atoms with Gasteiger partial charge in [0.1, 0.15) is 12.4 Å². The van der Waals surface area contributed by atoms with Gasteiger partial charge in [-0.05, 0) is 24.7 Å². The molecule has 0 aromatic rings. The molecule has 0 spiro atoms. The van der Waals surface area contributed by atoms with E-state index in [9.17, 15) is 4.79 Å². The minimum atomic E-state index is -0.138. The molecule has 1 aliphatic rings. The van der Waals surface area contributed by atoms with Crippen molar-refractivity contribution in [2.45, 2.75) is 52.2 Å². The summed E-state index contributed by atoms with van der Waals surface area (Å²) in [7, 11) is 0. The van der Waals surface area contributed by atoms with Crippen LogP contribution in [0, 0.1) is 5.41 Å². The van der Waals surface area contributed by atoms with Crippen molar-refractivity contribution in [3.63, 3.8) is 0 Å². The zero-order chi connectivity index (χ0) is 9.19. The quantitative estimate of drug-likeness (QED) is 0.607. The maximum Gasteiger partial charge on any atom is 0.148 e. The Bertz CT molecular complexity index is 163. The van der Waals surface area contributed by atoms with Crippen LogP contribution in [0.25, 0.3) is 0 Å². The highest BCUT2D eigenvalue weighted by Gasteiger charge is 2.35. The predicted molar refractivity (Wildman–Crippen MR) is 48.0 cm³/mol. The highest BCUT2D eigenvalue weighted by Crippen LogP contribution is 2.35. The summed E-state index contributed by atoms with van der Waals surface area (Å²) in [6.07, 6.45) is 4.09. The summed E-state index contributed by atoms with van der Waals surface area (Å²) in [5.74, 6) is 0. The Labute approximate surface area is 74.3 Å². The van der Waals surface area contributed by atoms with Gasteiger partial charge in [-0.15, -0.1) is 0 Å². The highest BCUT2D eigenvalue weighted by atomic mass is 16.5. The molecule has 2 nitrogen and oxygen atoms in total. The van der Waals surface area contributed by atoms with Crippen molar-refractivity contribution >= 4 is 6.29 Å². The molecule has 0 aromatic heterocycles. The van der Waals surface area contributed by atoms with Gasteiger partial charge in [-0.3, -0.25) is 0 Å². The highest BCUT2D eigenvalue weighted by molar-refractivity contribution is 5.56. The molecule has 2 heteroatoms. The van der Waals surface area contributed by atoms with Gasteiger partial charge < -0.3 is 9.53 Å². The van der Waals surface area contributed by atoms with Crippen molar-refractivity contribution in [2.24, 2.45) is 5.41 Å². The van der Waals surface area contributed by atoms with Gasteiger partial charge in [0.15, 0.2) is 0 Å². The summed E-state index contributed by atoms with van der Waals surface area (Å²) in [5, 5.41) is 0. The SMILES string of the molecule is CCC(C)(C)C1CCC(C=O)O1. The van der Waals surface area contributed by atoms with Crippen LogP contribution in [0.2, 0.25) is 0 Å². The number of hydrogen-bond acceptors (Lipinski definition) is 2. The second kappa shape index (κ2) is 3.56. The summed E-state index contributed by atoms with van der Waals surface area (Å²) in [6.45, 7) is 6.56. The lowest BCUT2D eigenvalue weighted by Gasteiger charge is -2.29. The molecule has 1 aliphatic heterocycles. The van der Waals surface area contributed by atoms with E-state index in [1.165, 1.54) is 0 Å². The average molecular weight is 170 g/mol. The van der Waals surface area contributed by atoms with Crippen molar-refractivity contribution in [3.05, 3.63) is 0 Å². The van der Waals surface area contributed by atoms with Gasteiger partial charge in [-0.2, -0.15) is 0 Å². The van der Waals surface area contributed by atoms with E-state index in [-0.39, 0.29) is 17.6 Å². The zero-order valence-corrected chi connectivity index (χ0v) is 8.17. The lowest BCUT2D eigenvalue weighted by Crippen LogP contribution is -2.29. The second-order valence-electron chi connectivity index (χ2n) is 4.22. The van der Waals surface area contributed by atoms with Crippen LogP contribution >= 0.6 is 0 Å². The minimum absolute atomic E-state index is 0.138. The van der Waals surface area contributed by atoms with E-state index in [0.717, 1.165) is 25.5 Å². The first kappa shape index (κ1) is 9.72. The molecular weight excluding hydrogens is 152 g/mol. The molecule has 1 heterocycles. The summed E-state index contributed by atoms with van der Waals surface area (Å²) >= 11 is 0. The number of carbonyl (C=O) groups excluding carboxylic acids is 1. The smallest absolute Gasteiger partial charge is 0.148 e. The van der Waals surface area contributed by atoms with E-state index < -0.39 is 0 Å². The van der Waals surface area contributed by atoms with Gasteiger partial charge in [-0.25, -0.2) is 0 Å². The van der Waals surface area contributed by atoms with E-state index in [2.05, 4.69) is 20.8 Å². The van der Waals surface area contributed by atoms with Crippen LogP contribution in [0.4, 0.5) is 0 Å². The summed E-state index contributed by atoms with van der Waals surface area (Å²) in [6, 6.07) is 0. The Kier molecular flexibility index (Phi) is 2.89. The Morgan fingerprint density at radius 3 is 2.58 bits per heavy atom. The first-order valence-electron chi connectivity index (χ1n) is 4.71. The Morgan fingerprint density at radius 2 is 2.17 bits per heavy atom. The molecule has 2 atom stereocenters. The van der Waals surface area contributed by atoms with Gasteiger partial charge in [0, 0.05) is 0 Å². The number of ether oxygens (including phenoxy) is 1. The van der Waals surface area contributed by atoms with Crippen molar-refractivity contribution in [1.29, 1.82) is 0 Å². The normalized spacial score (nSPS) is 30.6. The minimum Gasteiger partial charge on any atom is -0.367 e. The Morgan fingerprint density at radius 1 is 1.50 bits per heavy atom. The monoisotopic (exact) mass is 170 g/mol. The van der Waals surface area contributed by atoms with Crippen LogP contribution in [0.15, 0.2) is 0 Å². The molecule has 2 unspecified atom stereocenters. The molecule has 0 bridgehead atoms. The van der Waals surface area contributed by atoms with Crippen LogP contribution in [0.1, 0.15) is 40.0 Å². The lowest BCUT2D eigenvalue weighted by molar-refractivity contribution is -0.120. The summed E-state index contributed by atoms with van der Waals surface area (Å²) in [5.41, 5.74) is 0.220. The second-order valence-corrected chi connectivity index (χ2v) is 4.22. The van der Waals surface area contributed by atoms with E-state index in [4.69, 9.17) is 4.74 Å². The third-order valence-corrected chi connectivity index (χ3v) is 2.99. The van der Waals surface area contributed by atoms with E-state index in [1.54, 1.807) is 0 Å². The Balaban J connectivity index is 2.51. The molecule has 1 fully saturated rings. The topological polar surface area (TPSA) is 26.3 Å². The van der Waals surface area contributed by atoms with Crippen molar-refractivity contribution in [1.82, 2.24) is 0 Å². The molecule has 0 radical (unpaired) electrons. The zero-order valence-electron chi connectivity index (χ0n) is 8.17. The van der Waals surface area contributed by atoms with Crippen molar-refractivity contribution in [3.8, 4) is 0 Å². The van der Waals surface area contributed by atoms with E-state index in [0.29, 0.717) is 0 Å². The van der Waals surface area contributed by atoms with Gasteiger partial charge in [0.05, 0.1) is 6.10 Å². The van der Waals surface area contributed by atoms with Gasteiger partial charge in [0.2, 0.25) is 0 Å². The molecule has 70 valence electrons. The third kappa shape index (κ3) is 1.86. The lowest BCUT2D eigenvalue weighted by atomic mass is 9.82. The maximum atomic E-state index is 10.4. The summed E-state index contributed by atoms with van der Waals surface area (Å²) in [4.78, 5) is 10.4. The molecule has 1 rings (SSSR count). The van der Waals surface area contributed by atoms with Crippen LogP contribution in [-0.4, -0.2) is 18.5 Å². The molecule has 0 saturated carbocycles. The van der Waals surface area contributed by atoms with E-state index in [1.807, 2.05) is 0 Å². The Hall–Kier alpha value is -0.370. The van der Waals surface area contributed by atoms with Gasteiger partial charge >= 0.3 is 0 Å². The van der Waals surface area contributed by atoms with Crippen molar-refractivity contribution in [2.75, 3.05) is 0 Å². The van der Waals surface area contributed by atoms with Crippen LogP contribution in [0.5, 0.6) is 0 Å². The summed E-state index contributed by atoms with van der Waals surface area (Å²) < 4.78 is 5.60. The fourth-order valence-corrected chi connectivity index (χ4v) is 1.57. The van der Waals surface area contributed by atoms with Crippen LogP contribution in [0.3, 0.4) is 0 Å². The molecule has 1 saturated heterocycles. The largest absolute Gasteiger partial charge is 0.367 e. The van der Waals surface area contributed by atoms with Crippen molar-refractivity contribution < 1.29 is 9.53 Å². The van der Waals surface area contributed by atoms with E-state index >= 15 is 0 Å². The third-order valence-electron chi connectivity index (χ3n) is 2.99. The molecule has 0 amide bonds. The van der Waals surface area contributed by atoms with Crippen LogP contribution < -0.4 is 0 Å². The predicted octanol–water partition coefficient (Wildman–Crippen LogP) is 2.17. The number of carbonyl (C=O) groups is 1. The number of hydrogen-bond donors (Lipinski definition) is 0. The van der Waals surface area contributed by atoms with Gasteiger partial charge in [-0.1, -0.05) is 20.8 Å². The maximum absolute atomic E-state index is 10.4. The molecular formula is C10H18O2.